The van der Waals surface area contributed by atoms with Crippen molar-refractivity contribution in [1.29, 1.82) is 0 Å². The SMILES string of the molecule is COc1ccc(OC)c(NC(N)=NCCCC(C)(C)C)c1.I. The molecule has 0 aromatic heterocycles. The molecule has 0 aliphatic heterocycles. The number of nitrogens with one attached hydrogen (secondary N) is 1. The molecular weight excluding hydrogens is 393 g/mol. The minimum absolute atomic E-state index is 0. The molecule has 22 heavy (non-hydrogen) atoms. The van der Waals surface area contributed by atoms with Crippen LogP contribution in [0, 0.1) is 5.41 Å². The van der Waals surface area contributed by atoms with Crippen molar-refractivity contribution in [2.45, 2.75) is 33.6 Å². The molecular formula is C16H28IN3O2. The number of nitrogens with two attached hydrogens (primary N) is 1. The maximum atomic E-state index is 5.91. The van der Waals surface area contributed by atoms with Crippen molar-refractivity contribution in [2.24, 2.45) is 16.1 Å². The Morgan fingerprint density at radius 2 is 1.91 bits per heavy atom. The lowest BCUT2D eigenvalue weighted by Gasteiger charge is -2.17. The maximum absolute atomic E-state index is 5.91. The molecule has 0 aliphatic carbocycles. The van der Waals surface area contributed by atoms with Crippen molar-refractivity contribution >= 4 is 35.6 Å². The molecule has 0 amide bonds. The molecule has 5 nitrogen and oxygen atoms in total. The second-order valence-electron chi connectivity index (χ2n) is 6.12. The molecule has 0 heterocycles. The fraction of sp³-hybridized carbons (Fsp3) is 0.562. The number of anilines is 1. The van der Waals surface area contributed by atoms with E-state index < -0.39 is 0 Å². The molecule has 0 spiro atoms. The van der Waals surface area contributed by atoms with E-state index in [0.29, 0.717) is 23.7 Å². The lowest BCUT2D eigenvalue weighted by molar-refractivity contribution is 0.368. The van der Waals surface area contributed by atoms with E-state index in [2.05, 4.69) is 31.1 Å². The monoisotopic (exact) mass is 421 g/mol. The van der Waals surface area contributed by atoms with Crippen LogP contribution in [-0.2, 0) is 0 Å². The summed E-state index contributed by atoms with van der Waals surface area (Å²) >= 11 is 0. The van der Waals surface area contributed by atoms with Gasteiger partial charge in [-0.2, -0.15) is 0 Å². The number of halogens is 1. The largest absolute Gasteiger partial charge is 0.497 e. The summed E-state index contributed by atoms with van der Waals surface area (Å²) in [7, 11) is 3.24. The number of benzene rings is 1. The Bertz CT molecular complexity index is 485. The van der Waals surface area contributed by atoms with Gasteiger partial charge in [-0.1, -0.05) is 20.8 Å². The first-order valence-corrected chi connectivity index (χ1v) is 7.14. The van der Waals surface area contributed by atoms with Crippen molar-refractivity contribution in [2.75, 3.05) is 26.1 Å². The van der Waals surface area contributed by atoms with E-state index in [1.807, 2.05) is 18.2 Å². The van der Waals surface area contributed by atoms with Crippen LogP contribution in [0.15, 0.2) is 23.2 Å². The molecule has 6 heteroatoms. The average Bonchev–Trinajstić information content (AvgIpc) is 2.42. The van der Waals surface area contributed by atoms with Crippen LogP contribution < -0.4 is 20.5 Å². The van der Waals surface area contributed by atoms with Gasteiger partial charge in [-0.25, -0.2) is 0 Å². The van der Waals surface area contributed by atoms with E-state index >= 15 is 0 Å². The van der Waals surface area contributed by atoms with Crippen LogP contribution in [0.3, 0.4) is 0 Å². The van der Waals surface area contributed by atoms with Gasteiger partial charge in [-0.15, -0.1) is 24.0 Å². The summed E-state index contributed by atoms with van der Waals surface area (Å²) in [6.07, 6.45) is 2.13. The zero-order valence-electron chi connectivity index (χ0n) is 14.1. The standard InChI is InChI=1S/C16H27N3O2.HI/c1-16(2,3)9-6-10-18-15(17)19-13-11-12(20-4)7-8-14(13)21-5;/h7-8,11H,6,9-10H2,1-5H3,(H3,17,18,19);1H. The number of hydrogen-bond acceptors (Lipinski definition) is 3. The summed E-state index contributed by atoms with van der Waals surface area (Å²) in [6, 6.07) is 5.49. The van der Waals surface area contributed by atoms with E-state index in [0.717, 1.165) is 24.3 Å². The molecule has 1 aromatic carbocycles. The van der Waals surface area contributed by atoms with Gasteiger partial charge in [0.05, 0.1) is 19.9 Å². The van der Waals surface area contributed by atoms with Crippen LogP contribution in [0.5, 0.6) is 11.5 Å². The molecule has 0 unspecified atom stereocenters. The highest BCUT2D eigenvalue weighted by molar-refractivity contribution is 14.0. The first-order valence-electron chi connectivity index (χ1n) is 7.14. The highest BCUT2D eigenvalue weighted by atomic mass is 127. The second kappa shape index (κ2) is 9.76. The van der Waals surface area contributed by atoms with Gasteiger partial charge in [0.15, 0.2) is 5.96 Å². The molecule has 1 aromatic rings. The number of aliphatic imine (C=N–C) groups is 1. The highest BCUT2D eigenvalue weighted by Gasteiger charge is 2.09. The number of hydrogen-bond donors (Lipinski definition) is 2. The summed E-state index contributed by atoms with van der Waals surface area (Å²) in [5.74, 6) is 1.82. The lowest BCUT2D eigenvalue weighted by Crippen LogP contribution is -2.23. The van der Waals surface area contributed by atoms with Crippen LogP contribution in [0.1, 0.15) is 33.6 Å². The topological polar surface area (TPSA) is 68.9 Å². The summed E-state index contributed by atoms with van der Waals surface area (Å²) < 4.78 is 10.5. The van der Waals surface area contributed by atoms with Crippen molar-refractivity contribution in [3.05, 3.63) is 18.2 Å². The Morgan fingerprint density at radius 1 is 1.23 bits per heavy atom. The summed E-state index contributed by atoms with van der Waals surface area (Å²) in [5, 5.41) is 3.06. The summed E-state index contributed by atoms with van der Waals surface area (Å²) in [5.41, 5.74) is 6.98. The van der Waals surface area contributed by atoms with Gasteiger partial charge < -0.3 is 20.5 Å². The Hall–Kier alpha value is -1.18. The van der Waals surface area contributed by atoms with Crippen LogP contribution in [-0.4, -0.2) is 26.7 Å². The van der Waals surface area contributed by atoms with Gasteiger partial charge in [-0.3, -0.25) is 4.99 Å². The number of methoxy groups -OCH3 is 2. The molecule has 0 saturated heterocycles. The molecule has 0 fully saturated rings. The Kier molecular flexibility index (Phi) is 9.24. The Balaban J connectivity index is 0.00000441. The maximum Gasteiger partial charge on any atom is 0.193 e. The quantitative estimate of drug-likeness (QED) is 0.317. The molecule has 1 rings (SSSR count). The van der Waals surface area contributed by atoms with Crippen LogP contribution >= 0.6 is 24.0 Å². The predicted octanol–water partition coefficient (Wildman–Crippen LogP) is 3.87. The van der Waals surface area contributed by atoms with E-state index in [1.165, 1.54) is 0 Å². The number of rotatable bonds is 6. The first-order chi connectivity index (χ1) is 9.85. The molecule has 126 valence electrons. The van der Waals surface area contributed by atoms with Crippen molar-refractivity contribution in [1.82, 2.24) is 0 Å². The summed E-state index contributed by atoms with van der Waals surface area (Å²) in [6.45, 7) is 7.38. The van der Waals surface area contributed by atoms with Crippen LogP contribution in [0.25, 0.3) is 0 Å². The van der Waals surface area contributed by atoms with Crippen molar-refractivity contribution in [3.8, 4) is 11.5 Å². The number of guanidine groups is 1. The summed E-state index contributed by atoms with van der Waals surface area (Å²) in [4.78, 5) is 4.34. The molecule has 0 saturated carbocycles. The van der Waals surface area contributed by atoms with E-state index in [-0.39, 0.29) is 24.0 Å². The third-order valence-corrected chi connectivity index (χ3v) is 3.04. The fourth-order valence-electron chi connectivity index (χ4n) is 1.90. The zero-order chi connectivity index (χ0) is 15.9. The van der Waals surface area contributed by atoms with Crippen LogP contribution in [0.2, 0.25) is 0 Å². The third kappa shape index (κ3) is 7.72. The lowest BCUT2D eigenvalue weighted by atomic mass is 9.91. The third-order valence-electron chi connectivity index (χ3n) is 3.04. The van der Waals surface area contributed by atoms with Crippen molar-refractivity contribution in [3.63, 3.8) is 0 Å². The number of ether oxygens (including phenoxy) is 2. The molecule has 0 bridgehead atoms. The van der Waals surface area contributed by atoms with E-state index in [9.17, 15) is 0 Å². The Morgan fingerprint density at radius 3 is 2.45 bits per heavy atom. The van der Waals surface area contributed by atoms with Gasteiger partial charge >= 0.3 is 0 Å². The smallest absolute Gasteiger partial charge is 0.193 e. The first kappa shape index (κ1) is 20.8. The van der Waals surface area contributed by atoms with E-state index in [1.54, 1.807) is 14.2 Å². The zero-order valence-corrected chi connectivity index (χ0v) is 16.4. The van der Waals surface area contributed by atoms with Gasteiger partial charge in [-0.05, 0) is 30.4 Å². The molecule has 0 atom stereocenters. The van der Waals surface area contributed by atoms with Gasteiger partial charge in [0, 0.05) is 12.6 Å². The van der Waals surface area contributed by atoms with Crippen LogP contribution in [0.4, 0.5) is 5.69 Å². The minimum Gasteiger partial charge on any atom is -0.497 e. The average molecular weight is 421 g/mol. The normalized spacial score (nSPS) is 11.6. The fourth-order valence-corrected chi connectivity index (χ4v) is 1.90. The highest BCUT2D eigenvalue weighted by Crippen LogP contribution is 2.28. The van der Waals surface area contributed by atoms with Gasteiger partial charge in [0.25, 0.3) is 0 Å². The number of nitrogens with zero attached hydrogens (tertiary/aromatic N) is 1. The Labute approximate surface area is 150 Å². The van der Waals surface area contributed by atoms with Gasteiger partial charge in [0.1, 0.15) is 11.5 Å². The van der Waals surface area contributed by atoms with E-state index in [4.69, 9.17) is 15.2 Å². The van der Waals surface area contributed by atoms with Gasteiger partial charge in [0.2, 0.25) is 0 Å². The van der Waals surface area contributed by atoms with Crippen molar-refractivity contribution < 1.29 is 9.47 Å². The predicted molar refractivity (Wildman–Crippen MR) is 104 cm³/mol. The minimum atomic E-state index is 0. The second-order valence-corrected chi connectivity index (χ2v) is 6.12. The molecule has 0 radical (unpaired) electrons. The molecule has 0 aliphatic rings. The molecule has 3 N–H and O–H groups in total.